The molecule has 0 saturated heterocycles. The minimum atomic E-state index is -4.31. The summed E-state index contributed by atoms with van der Waals surface area (Å²) in [7, 11) is 0. The predicted molar refractivity (Wildman–Crippen MR) is 71.0 cm³/mol. The number of benzene rings is 1. The van der Waals surface area contributed by atoms with E-state index in [2.05, 4.69) is 21.2 Å². The number of nitrogens with one attached hydrogen (secondary N) is 1. The van der Waals surface area contributed by atoms with Gasteiger partial charge in [-0.3, -0.25) is 4.79 Å². The molecule has 110 valence electrons. The van der Waals surface area contributed by atoms with E-state index in [9.17, 15) is 18.0 Å². The van der Waals surface area contributed by atoms with E-state index in [0.717, 1.165) is 16.5 Å². The second-order valence-corrected chi connectivity index (χ2v) is 5.50. The highest BCUT2D eigenvalue weighted by Crippen LogP contribution is 2.33. The van der Waals surface area contributed by atoms with E-state index >= 15 is 0 Å². The van der Waals surface area contributed by atoms with Crippen LogP contribution in [0, 0.1) is 0 Å². The van der Waals surface area contributed by atoms with Crippen LogP contribution in [-0.4, -0.2) is 31.7 Å². The number of Topliss-reactive ketones (excluding diaryl/α,β-unsaturated/α-hetero) is 1. The van der Waals surface area contributed by atoms with Crippen molar-refractivity contribution in [2.75, 3.05) is 19.7 Å². The molecule has 0 aromatic heterocycles. The molecule has 2 rings (SSSR count). The monoisotopic (exact) mass is 351 g/mol. The molecular formula is C13H13BrF3NO2. The fraction of sp³-hybridized carbons (Fsp3) is 0.462. The predicted octanol–water partition coefficient (Wildman–Crippen LogP) is 2.65. The molecule has 1 heterocycles. The second kappa shape index (κ2) is 6.13. The average Bonchev–Trinajstić information content (AvgIpc) is 2.74. The van der Waals surface area contributed by atoms with Crippen molar-refractivity contribution in [1.82, 2.24) is 5.32 Å². The van der Waals surface area contributed by atoms with Crippen molar-refractivity contribution in [2.45, 2.75) is 19.0 Å². The molecule has 0 saturated carbocycles. The maximum absolute atomic E-state index is 12.0. The second-order valence-electron chi connectivity index (χ2n) is 4.59. The van der Waals surface area contributed by atoms with Gasteiger partial charge in [-0.15, -0.1) is 0 Å². The molecule has 1 aliphatic rings. The largest absolute Gasteiger partial charge is 0.493 e. The Bertz CT molecular complexity index is 517. The zero-order chi connectivity index (χ0) is 14.8. The lowest BCUT2D eigenvalue weighted by Gasteiger charge is -2.10. The Morgan fingerprint density at radius 3 is 2.85 bits per heavy atom. The Kier molecular flexibility index (Phi) is 4.70. The molecule has 0 unspecified atom stereocenters. The van der Waals surface area contributed by atoms with E-state index in [1.807, 2.05) is 6.07 Å². The normalized spacial score (nSPS) is 14.0. The zero-order valence-electron chi connectivity index (χ0n) is 10.5. The summed E-state index contributed by atoms with van der Waals surface area (Å²) in [4.78, 5) is 11.7. The molecule has 0 atom stereocenters. The highest BCUT2D eigenvalue weighted by Gasteiger charge is 2.26. The quantitative estimate of drug-likeness (QED) is 0.886. The van der Waals surface area contributed by atoms with Crippen LogP contribution in [0.15, 0.2) is 16.6 Å². The molecular weight excluding hydrogens is 339 g/mol. The fourth-order valence-electron chi connectivity index (χ4n) is 2.10. The van der Waals surface area contributed by atoms with Crippen molar-refractivity contribution in [2.24, 2.45) is 0 Å². The summed E-state index contributed by atoms with van der Waals surface area (Å²) in [6, 6.07) is 3.70. The van der Waals surface area contributed by atoms with Gasteiger partial charge in [-0.2, -0.15) is 13.2 Å². The Morgan fingerprint density at radius 1 is 1.40 bits per heavy atom. The summed E-state index contributed by atoms with van der Waals surface area (Å²) in [5.74, 6) is 0.391. The van der Waals surface area contributed by atoms with Gasteiger partial charge in [0, 0.05) is 22.9 Å². The number of hydrogen-bond acceptors (Lipinski definition) is 3. The van der Waals surface area contributed by atoms with Crippen molar-refractivity contribution in [3.63, 3.8) is 0 Å². The molecule has 0 spiro atoms. The maximum atomic E-state index is 12.0. The highest BCUT2D eigenvalue weighted by molar-refractivity contribution is 9.10. The summed E-state index contributed by atoms with van der Waals surface area (Å²) < 4.78 is 42.2. The van der Waals surface area contributed by atoms with Gasteiger partial charge in [-0.05, 0) is 17.7 Å². The standard InChI is InChI=1S/C13H13BrF3NO2/c14-10-3-8-1-2-20-12(8)9(4-10)5-11(19)6-18-7-13(15,16)17/h3-4,18H,1-2,5-7H2. The number of halogens is 4. The zero-order valence-corrected chi connectivity index (χ0v) is 12.1. The van der Waals surface area contributed by atoms with Gasteiger partial charge in [0.05, 0.1) is 19.7 Å². The molecule has 0 radical (unpaired) electrons. The average molecular weight is 352 g/mol. The summed E-state index contributed by atoms with van der Waals surface area (Å²) >= 11 is 3.35. The van der Waals surface area contributed by atoms with Crippen molar-refractivity contribution in [1.29, 1.82) is 0 Å². The first-order valence-corrected chi connectivity index (χ1v) is 6.88. The Labute approximate surface area is 122 Å². The fourth-order valence-corrected chi connectivity index (χ4v) is 2.65. The van der Waals surface area contributed by atoms with E-state index in [1.165, 1.54) is 0 Å². The van der Waals surface area contributed by atoms with Gasteiger partial charge < -0.3 is 10.1 Å². The van der Waals surface area contributed by atoms with Crippen LogP contribution in [0.25, 0.3) is 0 Å². The summed E-state index contributed by atoms with van der Waals surface area (Å²) in [5.41, 5.74) is 1.73. The minimum Gasteiger partial charge on any atom is -0.493 e. The van der Waals surface area contributed by atoms with Crippen LogP contribution in [-0.2, 0) is 17.6 Å². The third kappa shape index (κ3) is 4.21. The smallest absolute Gasteiger partial charge is 0.401 e. The van der Waals surface area contributed by atoms with E-state index in [-0.39, 0.29) is 18.7 Å². The van der Waals surface area contributed by atoms with Crippen LogP contribution in [0.3, 0.4) is 0 Å². The first kappa shape index (κ1) is 15.3. The molecule has 0 bridgehead atoms. The Morgan fingerprint density at radius 2 is 2.15 bits per heavy atom. The SMILES string of the molecule is O=C(CNCC(F)(F)F)Cc1cc(Br)cc2c1OCC2. The number of ether oxygens (including phenoxy) is 1. The molecule has 1 N–H and O–H groups in total. The van der Waals surface area contributed by atoms with E-state index < -0.39 is 12.7 Å². The van der Waals surface area contributed by atoms with Crippen LogP contribution in [0.1, 0.15) is 11.1 Å². The van der Waals surface area contributed by atoms with Crippen LogP contribution in [0.5, 0.6) is 5.75 Å². The number of carbonyl (C=O) groups is 1. The lowest BCUT2D eigenvalue weighted by atomic mass is 10.0. The summed E-state index contributed by atoms with van der Waals surface area (Å²) in [5, 5.41) is 2.10. The minimum absolute atomic E-state index is 0.0621. The van der Waals surface area contributed by atoms with Crippen LogP contribution >= 0.6 is 15.9 Å². The Hall–Kier alpha value is -1.08. The third-order valence-corrected chi connectivity index (χ3v) is 3.32. The van der Waals surface area contributed by atoms with Crippen LogP contribution < -0.4 is 10.1 Å². The topological polar surface area (TPSA) is 38.3 Å². The van der Waals surface area contributed by atoms with Crippen molar-refractivity contribution >= 4 is 21.7 Å². The Balaban J connectivity index is 1.95. The van der Waals surface area contributed by atoms with Crippen molar-refractivity contribution < 1.29 is 22.7 Å². The van der Waals surface area contributed by atoms with E-state index in [1.54, 1.807) is 6.07 Å². The van der Waals surface area contributed by atoms with E-state index in [4.69, 9.17) is 4.74 Å². The molecule has 1 aromatic rings. The van der Waals surface area contributed by atoms with Crippen LogP contribution in [0.2, 0.25) is 0 Å². The van der Waals surface area contributed by atoms with E-state index in [0.29, 0.717) is 17.9 Å². The summed E-state index contributed by atoms with van der Waals surface area (Å²) in [6.45, 7) is -0.897. The maximum Gasteiger partial charge on any atom is 0.401 e. The number of hydrogen-bond donors (Lipinski definition) is 1. The lowest BCUT2D eigenvalue weighted by Crippen LogP contribution is -2.33. The first-order valence-electron chi connectivity index (χ1n) is 6.08. The number of ketones is 1. The number of rotatable bonds is 5. The summed E-state index contributed by atoms with van der Waals surface area (Å²) in [6.07, 6.45) is -3.46. The first-order chi connectivity index (χ1) is 9.35. The van der Waals surface area contributed by atoms with Gasteiger partial charge >= 0.3 is 6.18 Å². The van der Waals surface area contributed by atoms with Gasteiger partial charge in [0.25, 0.3) is 0 Å². The van der Waals surface area contributed by atoms with Gasteiger partial charge in [-0.1, -0.05) is 15.9 Å². The molecule has 0 aliphatic carbocycles. The van der Waals surface area contributed by atoms with Gasteiger partial charge in [-0.25, -0.2) is 0 Å². The molecule has 20 heavy (non-hydrogen) atoms. The van der Waals surface area contributed by atoms with Crippen molar-refractivity contribution in [3.05, 3.63) is 27.7 Å². The number of fused-ring (bicyclic) bond motifs is 1. The van der Waals surface area contributed by atoms with Gasteiger partial charge in [0.15, 0.2) is 5.78 Å². The molecule has 1 aliphatic heterocycles. The molecule has 7 heteroatoms. The molecule has 0 fully saturated rings. The molecule has 1 aromatic carbocycles. The van der Waals surface area contributed by atoms with Gasteiger partial charge in [0.1, 0.15) is 5.75 Å². The molecule has 0 amide bonds. The highest BCUT2D eigenvalue weighted by atomic mass is 79.9. The third-order valence-electron chi connectivity index (χ3n) is 2.86. The lowest BCUT2D eigenvalue weighted by molar-refractivity contribution is -0.127. The van der Waals surface area contributed by atoms with Crippen molar-refractivity contribution in [3.8, 4) is 5.75 Å². The number of alkyl halides is 3. The molecule has 3 nitrogen and oxygen atoms in total. The van der Waals surface area contributed by atoms with Gasteiger partial charge in [0.2, 0.25) is 0 Å². The van der Waals surface area contributed by atoms with Crippen LogP contribution in [0.4, 0.5) is 13.2 Å². The number of carbonyl (C=O) groups excluding carboxylic acids is 1.